The van der Waals surface area contributed by atoms with Gasteiger partial charge < -0.3 is 5.32 Å². The molecule has 0 spiro atoms. The van der Waals surface area contributed by atoms with Crippen molar-refractivity contribution in [1.82, 2.24) is 4.90 Å². The van der Waals surface area contributed by atoms with Crippen molar-refractivity contribution in [3.05, 3.63) is 30.1 Å². The number of nitrogens with one attached hydrogen (secondary N) is 1. The van der Waals surface area contributed by atoms with Crippen LogP contribution in [0.15, 0.2) is 24.3 Å². The molecule has 0 amide bonds. The van der Waals surface area contributed by atoms with E-state index in [0.717, 1.165) is 30.7 Å². The van der Waals surface area contributed by atoms with Gasteiger partial charge in [-0.1, -0.05) is 6.42 Å². The molecule has 0 aromatic heterocycles. The largest absolute Gasteiger partial charge is 0.384 e. The molecule has 1 heterocycles. The van der Waals surface area contributed by atoms with Crippen molar-refractivity contribution in [3.63, 3.8) is 0 Å². The van der Waals surface area contributed by atoms with Gasteiger partial charge in [0.2, 0.25) is 0 Å². The maximum Gasteiger partial charge on any atom is 0.123 e. The Morgan fingerprint density at radius 3 is 2.74 bits per heavy atom. The first-order valence-corrected chi connectivity index (χ1v) is 7.56. The number of fused-ring (bicyclic) bond motifs is 1. The normalized spacial score (nSPS) is 27.2. The molecule has 19 heavy (non-hydrogen) atoms. The van der Waals surface area contributed by atoms with E-state index in [1.165, 1.54) is 50.8 Å². The standard InChI is InChI=1S/C16H23FN2/c17-14-6-8-15(9-7-14)18-10-12-19-11-2-4-13-3-1-5-16(13)19/h6-9,13,16,18H,1-5,10-12H2. The minimum Gasteiger partial charge on any atom is -0.384 e. The molecule has 1 aromatic carbocycles. The minimum absolute atomic E-state index is 0.171. The van der Waals surface area contributed by atoms with Crippen LogP contribution in [0.2, 0.25) is 0 Å². The second-order valence-electron chi connectivity index (χ2n) is 5.87. The summed E-state index contributed by atoms with van der Waals surface area (Å²) in [4.78, 5) is 2.66. The molecule has 1 aliphatic heterocycles. The van der Waals surface area contributed by atoms with Crippen molar-refractivity contribution in [2.75, 3.05) is 25.0 Å². The van der Waals surface area contributed by atoms with E-state index >= 15 is 0 Å². The second-order valence-corrected chi connectivity index (χ2v) is 5.87. The predicted molar refractivity (Wildman–Crippen MR) is 76.8 cm³/mol. The molecule has 2 nitrogen and oxygen atoms in total. The predicted octanol–water partition coefficient (Wildman–Crippen LogP) is 3.50. The summed E-state index contributed by atoms with van der Waals surface area (Å²) in [5.74, 6) is 0.787. The van der Waals surface area contributed by atoms with E-state index in [0.29, 0.717) is 0 Å². The third-order valence-corrected chi connectivity index (χ3v) is 4.68. The zero-order valence-corrected chi connectivity index (χ0v) is 11.4. The molecule has 1 N–H and O–H groups in total. The first kappa shape index (κ1) is 12.9. The van der Waals surface area contributed by atoms with Crippen LogP contribution in [0, 0.1) is 11.7 Å². The zero-order chi connectivity index (χ0) is 13.1. The summed E-state index contributed by atoms with van der Waals surface area (Å²) in [6.45, 7) is 3.32. The Labute approximate surface area is 115 Å². The number of anilines is 1. The van der Waals surface area contributed by atoms with Gasteiger partial charge in [-0.25, -0.2) is 4.39 Å². The lowest BCUT2D eigenvalue weighted by Gasteiger charge is -2.37. The Balaban J connectivity index is 1.48. The number of hydrogen-bond acceptors (Lipinski definition) is 2. The van der Waals surface area contributed by atoms with Crippen LogP contribution in [0.3, 0.4) is 0 Å². The van der Waals surface area contributed by atoms with Crippen LogP contribution >= 0.6 is 0 Å². The first-order chi connectivity index (χ1) is 9.33. The van der Waals surface area contributed by atoms with Crippen LogP contribution in [-0.2, 0) is 0 Å². The van der Waals surface area contributed by atoms with Crippen molar-refractivity contribution in [2.45, 2.75) is 38.1 Å². The van der Waals surface area contributed by atoms with Gasteiger partial charge in [0.25, 0.3) is 0 Å². The summed E-state index contributed by atoms with van der Waals surface area (Å²) in [6.07, 6.45) is 7.04. The Hall–Kier alpha value is -1.09. The molecule has 1 saturated heterocycles. The Morgan fingerprint density at radius 1 is 1.11 bits per heavy atom. The van der Waals surface area contributed by atoms with Crippen molar-refractivity contribution in [3.8, 4) is 0 Å². The molecule has 2 unspecified atom stereocenters. The lowest BCUT2D eigenvalue weighted by molar-refractivity contribution is 0.118. The highest BCUT2D eigenvalue weighted by Gasteiger charge is 2.34. The van der Waals surface area contributed by atoms with Gasteiger partial charge >= 0.3 is 0 Å². The van der Waals surface area contributed by atoms with Crippen molar-refractivity contribution < 1.29 is 4.39 Å². The molecule has 3 rings (SSSR count). The highest BCUT2D eigenvalue weighted by atomic mass is 19.1. The summed E-state index contributed by atoms with van der Waals surface area (Å²) in [6, 6.07) is 7.48. The quantitative estimate of drug-likeness (QED) is 0.893. The number of hydrogen-bond donors (Lipinski definition) is 1. The molecule has 1 saturated carbocycles. The van der Waals surface area contributed by atoms with E-state index < -0.39 is 0 Å². The fourth-order valence-corrected chi connectivity index (χ4v) is 3.75. The van der Waals surface area contributed by atoms with E-state index in [4.69, 9.17) is 0 Å². The number of piperidine rings is 1. The van der Waals surface area contributed by atoms with E-state index in [1.54, 1.807) is 0 Å². The van der Waals surface area contributed by atoms with Crippen molar-refractivity contribution in [2.24, 2.45) is 5.92 Å². The number of rotatable bonds is 4. The second kappa shape index (κ2) is 5.91. The number of halogens is 1. The minimum atomic E-state index is -0.171. The smallest absolute Gasteiger partial charge is 0.123 e. The number of likely N-dealkylation sites (tertiary alicyclic amines) is 1. The molecule has 0 radical (unpaired) electrons. The van der Waals surface area contributed by atoms with Gasteiger partial charge in [0, 0.05) is 24.8 Å². The van der Waals surface area contributed by atoms with E-state index in [1.807, 2.05) is 12.1 Å². The molecule has 0 bridgehead atoms. The lowest BCUT2D eigenvalue weighted by atomic mass is 9.92. The Morgan fingerprint density at radius 2 is 1.89 bits per heavy atom. The van der Waals surface area contributed by atoms with E-state index in [9.17, 15) is 4.39 Å². The van der Waals surface area contributed by atoms with Gasteiger partial charge in [-0.05, 0) is 62.4 Å². The summed E-state index contributed by atoms with van der Waals surface area (Å²) in [5, 5.41) is 3.39. The van der Waals surface area contributed by atoms with Crippen LogP contribution < -0.4 is 5.32 Å². The molecule has 104 valence electrons. The molecular weight excluding hydrogens is 239 g/mol. The topological polar surface area (TPSA) is 15.3 Å². The average molecular weight is 262 g/mol. The lowest BCUT2D eigenvalue weighted by Crippen LogP contribution is -2.44. The Bertz CT molecular complexity index is 404. The molecule has 2 atom stereocenters. The van der Waals surface area contributed by atoms with Crippen LogP contribution in [-0.4, -0.2) is 30.6 Å². The third kappa shape index (κ3) is 3.08. The fraction of sp³-hybridized carbons (Fsp3) is 0.625. The fourth-order valence-electron chi connectivity index (χ4n) is 3.75. The van der Waals surface area contributed by atoms with Gasteiger partial charge in [-0.3, -0.25) is 4.90 Å². The summed E-state index contributed by atoms with van der Waals surface area (Å²) in [7, 11) is 0. The van der Waals surface area contributed by atoms with Crippen LogP contribution in [0.4, 0.5) is 10.1 Å². The number of nitrogens with zero attached hydrogens (tertiary/aromatic N) is 1. The average Bonchev–Trinajstić information content (AvgIpc) is 2.90. The highest BCUT2D eigenvalue weighted by molar-refractivity contribution is 5.42. The molecule has 3 heteroatoms. The maximum atomic E-state index is 12.8. The number of benzene rings is 1. The maximum absolute atomic E-state index is 12.8. The van der Waals surface area contributed by atoms with Gasteiger partial charge in [-0.2, -0.15) is 0 Å². The van der Waals surface area contributed by atoms with Gasteiger partial charge in [0.1, 0.15) is 5.82 Å². The molecule has 2 aliphatic rings. The van der Waals surface area contributed by atoms with Crippen molar-refractivity contribution in [1.29, 1.82) is 0 Å². The molecule has 2 fully saturated rings. The monoisotopic (exact) mass is 262 g/mol. The van der Waals surface area contributed by atoms with Crippen LogP contribution in [0.1, 0.15) is 32.1 Å². The van der Waals surface area contributed by atoms with Gasteiger partial charge in [0.15, 0.2) is 0 Å². The molecular formula is C16H23FN2. The summed E-state index contributed by atoms with van der Waals surface area (Å²) < 4.78 is 12.8. The van der Waals surface area contributed by atoms with Gasteiger partial charge in [-0.15, -0.1) is 0 Å². The van der Waals surface area contributed by atoms with Crippen LogP contribution in [0.5, 0.6) is 0 Å². The van der Waals surface area contributed by atoms with Crippen LogP contribution in [0.25, 0.3) is 0 Å². The van der Waals surface area contributed by atoms with E-state index in [-0.39, 0.29) is 5.82 Å². The SMILES string of the molecule is Fc1ccc(NCCN2CCCC3CCCC32)cc1. The molecule has 1 aromatic rings. The van der Waals surface area contributed by atoms with Gasteiger partial charge in [0.05, 0.1) is 0 Å². The zero-order valence-electron chi connectivity index (χ0n) is 11.4. The highest BCUT2D eigenvalue weighted by Crippen LogP contribution is 2.36. The van der Waals surface area contributed by atoms with E-state index in [2.05, 4.69) is 10.2 Å². The van der Waals surface area contributed by atoms with Crippen molar-refractivity contribution >= 4 is 5.69 Å². The molecule has 1 aliphatic carbocycles. The first-order valence-electron chi connectivity index (χ1n) is 7.56. The third-order valence-electron chi connectivity index (χ3n) is 4.68. The summed E-state index contributed by atoms with van der Waals surface area (Å²) in [5.41, 5.74) is 1.02. The summed E-state index contributed by atoms with van der Waals surface area (Å²) >= 11 is 0. The Kier molecular flexibility index (Phi) is 4.02.